The molecule has 1 aliphatic rings. The van der Waals surface area contributed by atoms with Gasteiger partial charge in [-0.25, -0.2) is 0 Å². The number of likely N-dealkylation sites (N-methyl/N-ethyl adjacent to an activating group) is 1. The molecule has 0 atom stereocenters. The van der Waals surface area contributed by atoms with Crippen LogP contribution in [0.5, 0.6) is 11.5 Å². The summed E-state index contributed by atoms with van der Waals surface area (Å²) in [5.41, 5.74) is 2.04. The fourth-order valence-corrected chi connectivity index (χ4v) is 2.60. The second kappa shape index (κ2) is 7.22. The smallest absolute Gasteiger partial charge is 0.249 e. The zero-order valence-electron chi connectivity index (χ0n) is 14.3. The zero-order valence-corrected chi connectivity index (χ0v) is 14.3. The third-order valence-corrected chi connectivity index (χ3v) is 4.05. The zero-order chi connectivity index (χ0) is 17.8. The average molecular weight is 350 g/mol. The fraction of sp³-hybridized carbons (Fsp3) is 0.222. The Hall–Kier alpha value is -3.42. The summed E-state index contributed by atoms with van der Waals surface area (Å²) in [6.07, 6.45) is 6.15. The van der Waals surface area contributed by atoms with Crippen molar-refractivity contribution in [1.29, 1.82) is 0 Å². The highest BCUT2D eigenvalue weighted by atomic mass is 16.7. The van der Waals surface area contributed by atoms with E-state index in [1.165, 1.54) is 5.56 Å². The van der Waals surface area contributed by atoms with Crippen LogP contribution in [0, 0.1) is 0 Å². The Morgan fingerprint density at radius 3 is 2.85 bits per heavy atom. The molecule has 0 unspecified atom stereocenters. The number of aromatic nitrogens is 4. The van der Waals surface area contributed by atoms with Gasteiger partial charge < -0.3 is 19.7 Å². The van der Waals surface area contributed by atoms with Crippen LogP contribution in [0.1, 0.15) is 5.56 Å². The first-order chi connectivity index (χ1) is 12.8. The third kappa shape index (κ3) is 3.64. The van der Waals surface area contributed by atoms with Gasteiger partial charge in [-0.3, -0.25) is 4.98 Å². The van der Waals surface area contributed by atoms with Crippen LogP contribution < -0.4 is 19.7 Å². The molecule has 1 aromatic carbocycles. The molecule has 8 nitrogen and oxygen atoms in total. The van der Waals surface area contributed by atoms with Crippen LogP contribution in [0.2, 0.25) is 0 Å². The van der Waals surface area contributed by atoms with Gasteiger partial charge in [0.2, 0.25) is 12.7 Å². The summed E-state index contributed by atoms with van der Waals surface area (Å²) < 4.78 is 10.7. The molecule has 8 heteroatoms. The van der Waals surface area contributed by atoms with Crippen LogP contribution in [0.25, 0.3) is 0 Å². The Morgan fingerprint density at radius 2 is 1.96 bits per heavy atom. The number of rotatable bonds is 6. The first kappa shape index (κ1) is 16.1. The van der Waals surface area contributed by atoms with Crippen molar-refractivity contribution in [3.05, 3.63) is 54.5 Å². The van der Waals surface area contributed by atoms with Crippen LogP contribution in [0.15, 0.2) is 48.9 Å². The Labute approximate surface area is 150 Å². The van der Waals surface area contributed by atoms with Crippen molar-refractivity contribution in [2.24, 2.45) is 0 Å². The standard InChI is InChI=1S/C18H18N6O2/c1-24(9-6-13-4-7-19-8-5-13)17-11-20-23-18(22-17)21-14-2-3-15-16(10-14)26-12-25-15/h2-5,7-8,10-11H,6,9,12H2,1H3,(H,21,22,23). The van der Waals surface area contributed by atoms with Crippen LogP contribution in [0.4, 0.5) is 17.5 Å². The minimum absolute atomic E-state index is 0.245. The number of nitrogens with zero attached hydrogens (tertiary/aromatic N) is 5. The molecule has 0 fully saturated rings. The summed E-state index contributed by atoms with van der Waals surface area (Å²) in [6, 6.07) is 9.61. The summed E-state index contributed by atoms with van der Waals surface area (Å²) in [5, 5.41) is 11.2. The van der Waals surface area contributed by atoms with Gasteiger partial charge in [0.05, 0.1) is 6.20 Å². The average Bonchev–Trinajstić information content (AvgIpc) is 3.15. The van der Waals surface area contributed by atoms with Crippen LogP contribution >= 0.6 is 0 Å². The van der Waals surface area contributed by atoms with E-state index in [4.69, 9.17) is 9.47 Å². The summed E-state index contributed by atoms with van der Waals surface area (Å²) in [7, 11) is 1.98. The van der Waals surface area contributed by atoms with Gasteiger partial charge in [0.25, 0.3) is 0 Å². The highest BCUT2D eigenvalue weighted by Crippen LogP contribution is 2.34. The lowest BCUT2D eigenvalue weighted by atomic mass is 10.2. The molecule has 3 heterocycles. The highest BCUT2D eigenvalue weighted by Gasteiger charge is 2.14. The molecule has 0 amide bonds. The fourth-order valence-electron chi connectivity index (χ4n) is 2.60. The number of anilines is 3. The van der Waals surface area contributed by atoms with E-state index in [0.29, 0.717) is 11.7 Å². The number of hydrogen-bond acceptors (Lipinski definition) is 8. The molecule has 0 aliphatic carbocycles. The minimum Gasteiger partial charge on any atom is -0.454 e. The van der Waals surface area contributed by atoms with Gasteiger partial charge in [0, 0.05) is 37.7 Å². The molecule has 4 rings (SSSR count). The van der Waals surface area contributed by atoms with Crippen molar-refractivity contribution >= 4 is 17.5 Å². The maximum absolute atomic E-state index is 5.38. The summed E-state index contributed by atoms with van der Waals surface area (Å²) >= 11 is 0. The summed E-state index contributed by atoms with van der Waals surface area (Å²) in [5.74, 6) is 2.61. The molecule has 0 radical (unpaired) electrons. The second-order valence-electron chi connectivity index (χ2n) is 5.86. The number of ether oxygens (including phenoxy) is 2. The Balaban J connectivity index is 1.42. The summed E-state index contributed by atoms with van der Waals surface area (Å²) in [4.78, 5) is 10.6. The predicted molar refractivity (Wildman–Crippen MR) is 96.9 cm³/mol. The Morgan fingerprint density at radius 1 is 1.12 bits per heavy atom. The van der Waals surface area contributed by atoms with Gasteiger partial charge in [0.15, 0.2) is 17.3 Å². The van der Waals surface area contributed by atoms with Gasteiger partial charge in [-0.05, 0) is 36.2 Å². The Kier molecular flexibility index (Phi) is 4.46. The van der Waals surface area contributed by atoms with E-state index in [2.05, 4.69) is 25.5 Å². The lowest BCUT2D eigenvalue weighted by molar-refractivity contribution is 0.174. The molecule has 0 bridgehead atoms. The van der Waals surface area contributed by atoms with E-state index in [9.17, 15) is 0 Å². The van der Waals surface area contributed by atoms with Crippen LogP contribution in [-0.2, 0) is 6.42 Å². The molecule has 3 aromatic rings. The van der Waals surface area contributed by atoms with Crippen molar-refractivity contribution in [3.63, 3.8) is 0 Å². The van der Waals surface area contributed by atoms with E-state index >= 15 is 0 Å². The molecule has 0 saturated carbocycles. The highest BCUT2D eigenvalue weighted by molar-refractivity contribution is 5.60. The lowest BCUT2D eigenvalue weighted by Crippen LogP contribution is -2.22. The predicted octanol–water partition coefficient (Wildman–Crippen LogP) is 2.42. The van der Waals surface area contributed by atoms with Gasteiger partial charge in [-0.2, -0.15) is 10.1 Å². The first-order valence-electron chi connectivity index (χ1n) is 8.24. The molecule has 0 saturated heterocycles. The SMILES string of the molecule is CN(CCc1ccncc1)c1cnnc(Nc2ccc3c(c2)OCO3)n1. The van der Waals surface area contributed by atoms with Gasteiger partial charge in [0.1, 0.15) is 0 Å². The van der Waals surface area contributed by atoms with Crippen molar-refractivity contribution < 1.29 is 9.47 Å². The van der Waals surface area contributed by atoms with Crippen molar-refractivity contribution in [2.75, 3.05) is 30.6 Å². The van der Waals surface area contributed by atoms with Crippen LogP contribution in [0.3, 0.4) is 0 Å². The molecule has 2 aromatic heterocycles. The number of pyridine rings is 1. The third-order valence-electron chi connectivity index (χ3n) is 4.05. The van der Waals surface area contributed by atoms with Crippen molar-refractivity contribution in [1.82, 2.24) is 20.2 Å². The van der Waals surface area contributed by atoms with E-state index in [1.807, 2.05) is 42.3 Å². The largest absolute Gasteiger partial charge is 0.454 e. The van der Waals surface area contributed by atoms with E-state index in [-0.39, 0.29) is 6.79 Å². The maximum atomic E-state index is 5.38. The van der Waals surface area contributed by atoms with E-state index in [0.717, 1.165) is 30.2 Å². The molecular weight excluding hydrogens is 332 g/mol. The molecule has 132 valence electrons. The number of hydrogen-bond donors (Lipinski definition) is 1. The monoisotopic (exact) mass is 350 g/mol. The minimum atomic E-state index is 0.245. The van der Waals surface area contributed by atoms with Crippen LogP contribution in [-0.4, -0.2) is 40.6 Å². The molecule has 1 aliphatic heterocycles. The number of benzene rings is 1. The molecule has 26 heavy (non-hydrogen) atoms. The number of fused-ring (bicyclic) bond motifs is 1. The molecular formula is C18H18N6O2. The molecule has 0 spiro atoms. The van der Waals surface area contributed by atoms with Gasteiger partial charge in [-0.15, -0.1) is 5.10 Å². The lowest BCUT2D eigenvalue weighted by Gasteiger charge is -2.18. The Bertz CT molecular complexity index is 890. The molecule has 1 N–H and O–H groups in total. The first-order valence-corrected chi connectivity index (χ1v) is 8.24. The van der Waals surface area contributed by atoms with E-state index < -0.39 is 0 Å². The topological polar surface area (TPSA) is 85.3 Å². The van der Waals surface area contributed by atoms with Crippen molar-refractivity contribution in [3.8, 4) is 11.5 Å². The van der Waals surface area contributed by atoms with Gasteiger partial charge in [-0.1, -0.05) is 0 Å². The quantitative estimate of drug-likeness (QED) is 0.725. The van der Waals surface area contributed by atoms with Crippen molar-refractivity contribution in [2.45, 2.75) is 6.42 Å². The summed E-state index contributed by atoms with van der Waals surface area (Å²) in [6.45, 7) is 1.06. The maximum Gasteiger partial charge on any atom is 0.249 e. The second-order valence-corrected chi connectivity index (χ2v) is 5.86. The normalized spacial score (nSPS) is 12.0. The van der Waals surface area contributed by atoms with E-state index in [1.54, 1.807) is 18.6 Å². The number of nitrogens with one attached hydrogen (secondary N) is 1. The van der Waals surface area contributed by atoms with Gasteiger partial charge >= 0.3 is 0 Å².